The molecular weight excluding hydrogens is 240 g/mol. The molecule has 1 atom stereocenters. The highest BCUT2D eigenvalue weighted by molar-refractivity contribution is 5.93. The van der Waals surface area contributed by atoms with Crippen LogP contribution in [-0.4, -0.2) is 33.8 Å². The van der Waals surface area contributed by atoms with Gasteiger partial charge in [0.15, 0.2) is 0 Å². The van der Waals surface area contributed by atoms with Gasteiger partial charge in [-0.2, -0.15) is 0 Å². The minimum Gasteiger partial charge on any atom is -0.477 e. The zero-order valence-corrected chi connectivity index (χ0v) is 9.79. The molecule has 1 aromatic rings. The fraction of sp³-hybridized carbons (Fsp3) is 0.364. The van der Waals surface area contributed by atoms with Crippen molar-refractivity contribution < 1.29 is 19.9 Å². The molecule has 0 fully saturated rings. The zero-order valence-electron chi connectivity index (χ0n) is 9.79. The molecule has 0 aromatic heterocycles. The number of hydrogen-bond donors (Lipinski definition) is 3. The van der Waals surface area contributed by atoms with Gasteiger partial charge in [0.05, 0.1) is 11.5 Å². The van der Waals surface area contributed by atoms with E-state index in [0.29, 0.717) is 12.1 Å². The Labute approximate surface area is 103 Å². The van der Waals surface area contributed by atoms with E-state index in [9.17, 15) is 14.9 Å². The van der Waals surface area contributed by atoms with Crippen molar-refractivity contribution in [2.24, 2.45) is 0 Å². The van der Waals surface area contributed by atoms with Crippen molar-refractivity contribution in [2.45, 2.75) is 19.4 Å². The largest absolute Gasteiger partial charge is 0.477 e. The van der Waals surface area contributed by atoms with Crippen LogP contribution in [0.15, 0.2) is 18.2 Å². The molecule has 0 aliphatic heterocycles. The van der Waals surface area contributed by atoms with Crippen LogP contribution >= 0.6 is 0 Å². The number of carboxylic acids is 1. The Balaban J connectivity index is 3.07. The van der Waals surface area contributed by atoms with Gasteiger partial charge in [-0.15, -0.1) is 0 Å². The Bertz CT molecular complexity index is 457. The smallest absolute Gasteiger partial charge is 0.342 e. The predicted octanol–water partition coefficient (Wildman–Crippen LogP) is 1.48. The molecule has 0 aliphatic rings. The first kappa shape index (κ1) is 13.9. The minimum absolute atomic E-state index is 0.106. The Kier molecular flexibility index (Phi) is 4.61. The third-order valence-electron chi connectivity index (χ3n) is 2.51. The van der Waals surface area contributed by atoms with Crippen LogP contribution in [0.4, 0.5) is 11.4 Å². The van der Waals surface area contributed by atoms with Crippen LogP contribution in [0.3, 0.4) is 0 Å². The topological polar surface area (TPSA) is 113 Å². The second-order valence-electron chi connectivity index (χ2n) is 3.73. The lowest BCUT2D eigenvalue weighted by Gasteiger charge is -2.15. The molecule has 98 valence electrons. The van der Waals surface area contributed by atoms with Crippen molar-refractivity contribution in [3.8, 4) is 0 Å². The Morgan fingerprint density at radius 1 is 1.56 bits per heavy atom. The van der Waals surface area contributed by atoms with Crippen molar-refractivity contribution in [1.82, 2.24) is 0 Å². The fourth-order valence-electron chi connectivity index (χ4n) is 1.47. The van der Waals surface area contributed by atoms with Gasteiger partial charge in [-0.3, -0.25) is 10.1 Å². The number of nitro groups is 1. The fourth-order valence-corrected chi connectivity index (χ4v) is 1.47. The number of aliphatic hydroxyl groups excluding tert-OH is 1. The highest BCUT2D eigenvalue weighted by atomic mass is 16.6. The molecule has 18 heavy (non-hydrogen) atoms. The van der Waals surface area contributed by atoms with E-state index in [1.165, 1.54) is 12.1 Å². The van der Waals surface area contributed by atoms with E-state index in [1.54, 1.807) is 0 Å². The van der Waals surface area contributed by atoms with Crippen LogP contribution in [0.1, 0.15) is 23.7 Å². The summed E-state index contributed by atoms with van der Waals surface area (Å²) < 4.78 is 0. The molecule has 1 aromatic carbocycles. The maximum atomic E-state index is 10.8. The van der Waals surface area contributed by atoms with Gasteiger partial charge in [0.25, 0.3) is 5.69 Å². The quantitative estimate of drug-likeness (QED) is 0.523. The number of carbonyl (C=O) groups is 1. The summed E-state index contributed by atoms with van der Waals surface area (Å²) in [5.41, 5.74) is -0.421. The third-order valence-corrected chi connectivity index (χ3v) is 2.51. The molecule has 0 amide bonds. The summed E-state index contributed by atoms with van der Waals surface area (Å²) in [6.07, 6.45) is 0.644. The molecule has 7 nitrogen and oxygen atoms in total. The molecule has 7 heteroatoms. The standard InChI is InChI=1S/C11H14N2O5/c1-2-7(6-14)12-8-3-4-9(11(15)16)10(5-8)13(17)18/h3-5,7,12,14H,2,6H2,1H3,(H,15,16). The van der Waals surface area contributed by atoms with E-state index in [4.69, 9.17) is 10.2 Å². The van der Waals surface area contributed by atoms with Crippen LogP contribution in [0.2, 0.25) is 0 Å². The number of hydrogen-bond acceptors (Lipinski definition) is 5. The lowest BCUT2D eigenvalue weighted by atomic mass is 10.1. The first-order valence-electron chi connectivity index (χ1n) is 5.38. The summed E-state index contributed by atoms with van der Waals surface area (Å²) in [7, 11) is 0. The molecule has 0 heterocycles. The summed E-state index contributed by atoms with van der Waals surface area (Å²) >= 11 is 0. The van der Waals surface area contributed by atoms with Crippen LogP contribution in [0, 0.1) is 10.1 Å². The van der Waals surface area contributed by atoms with Crippen LogP contribution < -0.4 is 5.32 Å². The van der Waals surface area contributed by atoms with Crippen LogP contribution in [0.5, 0.6) is 0 Å². The minimum atomic E-state index is -1.34. The van der Waals surface area contributed by atoms with Crippen molar-refractivity contribution in [1.29, 1.82) is 0 Å². The summed E-state index contributed by atoms with van der Waals surface area (Å²) in [6, 6.07) is 3.55. The molecular formula is C11H14N2O5. The number of nitrogens with one attached hydrogen (secondary N) is 1. The molecule has 0 spiro atoms. The molecule has 3 N–H and O–H groups in total. The van der Waals surface area contributed by atoms with E-state index < -0.39 is 16.6 Å². The van der Waals surface area contributed by atoms with Gasteiger partial charge >= 0.3 is 5.97 Å². The van der Waals surface area contributed by atoms with E-state index in [-0.39, 0.29) is 18.2 Å². The van der Waals surface area contributed by atoms with E-state index >= 15 is 0 Å². The highest BCUT2D eigenvalue weighted by Gasteiger charge is 2.20. The molecule has 0 bridgehead atoms. The van der Waals surface area contributed by atoms with Crippen LogP contribution in [0.25, 0.3) is 0 Å². The van der Waals surface area contributed by atoms with Crippen molar-refractivity contribution in [3.63, 3.8) is 0 Å². The van der Waals surface area contributed by atoms with E-state index in [2.05, 4.69) is 5.32 Å². The average Bonchev–Trinajstić information content (AvgIpc) is 2.35. The molecule has 1 rings (SSSR count). The molecule has 0 aliphatic carbocycles. The van der Waals surface area contributed by atoms with Gasteiger partial charge in [-0.05, 0) is 18.6 Å². The lowest BCUT2D eigenvalue weighted by Crippen LogP contribution is -2.22. The summed E-state index contributed by atoms with van der Waals surface area (Å²) in [6.45, 7) is 1.75. The maximum Gasteiger partial charge on any atom is 0.342 e. The van der Waals surface area contributed by atoms with Gasteiger partial charge in [-0.25, -0.2) is 4.79 Å². The third kappa shape index (κ3) is 3.17. The zero-order chi connectivity index (χ0) is 13.7. The summed E-state index contributed by atoms with van der Waals surface area (Å²) in [4.78, 5) is 20.8. The Hall–Kier alpha value is -2.15. The number of rotatable bonds is 6. The Morgan fingerprint density at radius 3 is 2.67 bits per heavy atom. The Morgan fingerprint density at radius 2 is 2.22 bits per heavy atom. The van der Waals surface area contributed by atoms with Crippen LogP contribution in [-0.2, 0) is 0 Å². The second kappa shape index (κ2) is 5.97. The number of anilines is 1. The van der Waals surface area contributed by atoms with Gasteiger partial charge in [-0.1, -0.05) is 6.92 Å². The average molecular weight is 254 g/mol. The molecule has 0 saturated heterocycles. The van der Waals surface area contributed by atoms with Gasteiger partial charge < -0.3 is 15.5 Å². The monoisotopic (exact) mass is 254 g/mol. The summed E-state index contributed by atoms with van der Waals surface area (Å²) in [5.74, 6) is -1.34. The summed E-state index contributed by atoms with van der Waals surface area (Å²) in [5, 5.41) is 31.5. The number of aromatic carboxylic acids is 1. The van der Waals surface area contributed by atoms with Crippen molar-refractivity contribution in [3.05, 3.63) is 33.9 Å². The SMILES string of the molecule is CCC(CO)Nc1ccc(C(=O)O)c([N+](=O)[O-])c1. The second-order valence-corrected chi connectivity index (χ2v) is 3.73. The molecule has 0 saturated carbocycles. The van der Waals surface area contributed by atoms with E-state index in [0.717, 1.165) is 6.07 Å². The van der Waals surface area contributed by atoms with Gasteiger partial charge in [0, 0.05) is 17.8 Å². The number of nitrogens with zero attached hydrogens (tertiary/aromatic N) is 1. The number of benzene rings is 1. The van der Waals surface area contributed by atoms with Crippen molar-refractivity contribution in [2.75, 3.05) is 11.9 Å². The van der Waals surface area contributed by atoms with E-state index in [1.807, 2.05) is 6.92 Å². The number of aliphatic hydroxyl groups is 1. The van der Waals surface area contributed by atoms with Crippen molar-refractivity contribution >= 4 is 17.3 Å². The maximum absolute atomic E-state index is 10.8. The first-order valence-corrected chi connectivity index (χ1v) is 5.38. The molecule has 1 unspecified atom stereocenters. The predicted molar refractivity (Wildman–Crippen MR) is 64.8 cm³/mol. The highest BCUT2D eigenvalue weighted by Crippen LogP contribution is 2.23. The van der Waals surface area contributed by atoms with Gasteiger partial charge in [0.2, 0.25) is 0 Å². The van der Waals surface area contributed by atoms with Gasteiger partial charge in [0.1, 0.15) is 5.56 Å². The lowest BCUT2D eigenvalue weighted by molar-refractivity contribution is -0.385. The number of nitro benzene ring substituents is 1. The molecule has 0 radical (unpaired) electrons. The first-order chi connectivity index (χ1) is 8.49. The normalized spacial score (nSPS) is 11.9. The number of carboxylic acid groups (broad SMARTS) is 1.